The van der Waals surface area contributed by atoms with E-state index in [4.69, 9.17) is 22.9 Å². The fourth-order valence-electron chi connectivity index (χ4n) is 6.59. The van der Waals surface area contributed by atoms with Crippen molar-refractivity contribution in [3.8, 4) is 0 Å². The van der Waals surface area contributed by atoms with Gasteiger partial charge in [-0.15, -0.1) is 0 Å². The largest absolute Gasteiger partial charge is 0.355 e. The summed E-state index contributed by atoms with van der Waals surface area (Å²) < 4.78 is 0. The number of hydrogen-bond acceptors (Lipinski definition) is 9. The molecule has 14 heteroatoms. The van der Waals surface area contributed by atoms with E-state index in [1.54, 1.807) is 0 Å². The second-order valence-corrected chi connectivity index (χ2v) is 15.5. The van der Waals surface area contributed by atoms with Crippen LogP contribution in [0.4, 0.5) is 0 Å². The van der Waals surface area contributed by atoms with Crippen LogP contribution in [-0.2, 0) is 24.0 Å². The Labute approximate surface area is 364 Å². The number of rotatable bonds is 39. The van der Waals surface area contributed by atoms with Crippen LogP contribution >= 0.6 is 0 Å². The molecular formula is C46H87N9O5. The van der Waals surface area contributed by atoms with Crippen molar-refractivity contribution in [2.24, 2.45) is 22.9 Å². The molecule has 60 heavy (non-hydrogen) atoms. The molecule has 0 fully saturated rings. The molecule has 10 N–H and O–H groups in total. The van der Waals surface area contributed by atoms with Gasteiger partial charge in [0.05, 0.1) is 12.1 Å². The van der Waals surface area contributed by atoms with E-state index in [-0.39, 0.29) is 29.5 Å². The van der Waals surface area contributed by atoms with Gasteiger partial charge in [-0.05, 0) is 109 Å². The van der Waals surface area contributed by atoms with Gasteiger partial charge in [-0.25, -0.2) is 0 Å². The molecule has 0 heterocycles. The molecule has 2 atom stereocenters. The highest BCUT2D eigenvalue weighted by atomic mass is 16.2. The van der Waals surface area contributed by atoms with Gasteiger partial charge < -0.3 is 48.3 Å². The second kappa shape index (κ2) is 39.5. The molecule has 0 aromatic rings. The smallest absolute Gasteiger partial charge is 0.236 e. The lowest BCUT2D eigenvalue weighted by Crippen LogP contribution is -2.42. The molecule has 0 bridgehead atoms. The summed E-state index contributed by atoms with van der Waals surface area (Å²) in [6, 6.07) is -1.14. The van der Waals surface area contributed by atoms with Crippen LogP contribution in [0.2, 0.25) is 0 Å². The predicted octanol–water partition coefficient (Wildman–Crippen LogP) is 4.81. The van der Waals surface area contributed by atoms with E-state index in [2.05, 4.69) is 49.6 Å². The molecule has 0 saturated carbocycles. The number of nitrogens with two attached hydrogens (primary N) is 4. The van der Waals surface area contributed by atoms with Crippen LogP contribution in [0.3, 0.4) is 0 Å². The van der Waals surface area contributed by atoms with E-state index in [0.717, 1.165) is 57.8 Å². The Morgan fingerprint density at radius 1 is 0.450 bits per heavy atom. The average Bonchev–Trinajstić information content (AvgIpc) is 3.24. The molecule has 0 aliphatic rings. The lowest BCUT2D eigenvalue weighted by Gasteiger charge is -2.27. The van der Waals surface area contributed by atoms with Crippen LogP contribution in [0.25, 0.3) is 0 Å². The first-order valence-corrected chi connectivity index (χ1v) is 23.3. The van der Waals surface area contributed by atoms with Gasteiger partial charge in [0.2, 0.25) is 29.5 Å². The van der Waals surface area contributed by atoms with Gasteiger partial charge in [-0.3, -0.25) is 24.0 Å². The van der Waals surface area contributed by atoms with Gasteiger partial charge >= 0.3 is 0 Å². The fourth-order valence-corrected chi connectivity index (χ4v) is 6.59. The molecule has 0 aliphatic heterocycles. The average molecular weight is 846 g/mol. The molecule has 0 spiro atoms. The van der Waals surface area contributed by atoms with Crippen LogP contribution < -0.4 is 33.6 Å². The first kappa shape index (κ1) is 56.4. The lowest BCUT2D eigenvalue weighted by atomic mass is 10.1. The fraction of sp³-hybridized carbons (Fsp3) is 0.761. The monoisotopic (exact) mass is 846 g/mol. The lowest BCUT2D eigenvalue weighted by molar-refractivity contribution is -0.133. The molecule has 0 aliphatic carbocycles. The number of nitrogens with zero attached hydrogens (tertiary/aromatic N) is 3. The van der Waals surface area contributed by atoms with Crippen LogP contribution in [-0.4, -0.2) is 122 Å². The summed E-state index contributed by atoms with van der Waals surface area (Å²) in [4.78, 5) is 70.8. The number of allylic oxidation sites excluding steroid dienone is 6. The van der Waals surface area contributed by atoms with E-state index in [1.165, 1.54) is 0 Å². The normalized spacial score (nSPS) is 12.6. The summed E-state index contributed by atoms with van der Waals surface area (Å²) in [5.74, 6) is -0.149. The highest BCUT2D eigenvalue weighted by Crippen LogP contribution is 2.10. The van der Waals surface area contributed by atoms with Crippen molar-refractivity contribution in [1.82, 2.24) is 25.3 Å². The van der Waals surface area contributed by atoms with E-state index < -0.39 is 12.1 Å². The highest BCUT2D eigenvalue weighted by molar-refractivity contribution is 5.82. The minimum atomic E-state index is -0.571. The zero-order chi connectivity index (χ0) is 44.6. The Morgan fingerprint density at radius 3 is 1.08 bits per heavy atom. The van der Waals surface area contributed by atoms with Crippen LogP contribution in [0, 0.1) is 0 Å². The van der Waals surface area contributed by atoms with Crippen LogP contribution in [0.5, 0.6) is 0 Å². The standard InChI is InChI=1S/C46H87N9O5/c1-4-7-10-13-27-42(56)53(36-22-32-51-45(59)40(49)25-16-18-30-47)34-20-21-35-54(43(57)28-14-11-8-5-2)38-24-39-55(44(58)29-15-12-9-6-3)37-23-33-52-46(60)41(50)26-17-19-31-48/h7-12,40-41H,4-6,13-39,47-50H2,1-3H3,(H,51,59)(H,52,60)/b10-7-,11-8-,12-9-/t40-,41-/m0/s1. The van der Waals surface area contributed by atoms with E-state index in [1.807, 2.05) is 32.9 Å². The zero-order valence-corrected chi connectivity index (χ0v) is 38.0. The predicted molar refractivity (Wildman–Crippen MR) is 247 cm³/mol. The first-order valence-electron chi connectivity index (χ1n) is 23.3. The zero-order valence-electron chi connectivity index (χ0n) is 38.0. The third kappa shape index (κ3) is 30.4. The van der Waals surface area contributed by atoms with Gasteiger partial charge in [-0.2, -0.15) is 0 Å². The summed E-state index contributed by atoms with van der Waals surface area (Å²) in [7, 11) is 0. The maximum atomic E-state index is 13.5. The van der Waals surface area contributed by atoms with Crippen molar-refractivity contribution in [2.45, 2.75) is 161 Å². The quantitative estimate of drug-likeness (QED) is 0.0369. The van der Waals surface area contributed by atoms with Crippen molar-refractivity contribution in [2.75, 3.05) is 65.4 Å². The maximum Gasteiger partial charge on any atom is 0.236 e. The van der Waals surface area contributed by atoms with E-state index in [0.29, 0.717) is 136 Å². The van der Waals surface area contributed by atoms with Crippen molar-refractivity contribution in [3.05, 3.63) is 36.5 Å². The molecule has 0 radical (unpaired) electrons. The minimum absolute atomic E-state index is 0.0583. The SMILES string of the molecule is CC/C=C\CCC(=O)N(CCCCN(CCCN(CCCNC(=O)[C@@H](N)CCCCN)C(=O)CC/C=C\CC)C(=O)CC/C=C\CC)CCCNC(=O)[C@@H](N)CCCCN. The molecule has 0 aromatic carbocycles. The summed E-state index contributed by atoms with van der Waals surface area (Å²) in [5, 5.41) is 5.83. The van der Waals surface area contributed by atoms with E-state index in [9.17, 15) is 24.0 Å². The van der Waals surface area contributed by atoms with Gasteiger partial charge in [0.15, 0.2) is 0 Å². The third-order valence-corrected chi connectivity index (χ3v) is 10.2. The van der Waals surface area contributed by atoms with Crippen molar-refractivity contribution >= 4 is 29.5 Å². The molecule has 346 valence electrons. The Bertz CT molecular complexity index is 1230. The Balaban J connectivity index is 5.51. The van der Waals surface area contributed by atoms with Gasteiger partial charge in [0.1, 0.15) is 0 Å². The van der Waals surface area contributed by atoms with Crippen molar-refractivity contribution in [1.29, 1.82) is 0 Å². The number of nitrogens with one attached hydrogen (secondary N) is 2. The third-order valence-electron chi connectivity index (χ3n) is 10.2. The summed E-state index contributed by atoms with van der Waals surface area (Å²) in [5.41, 5.74) is 23.2. The number of unbranched alkanes of at least 4 members (excludes halogenated alkanes) is 3. The molecule has 0 aromatic heterocycles. The molecule has 0 unspecified atom stereocenters. The Hall–Kier alpha value is -3.59. The molecule has 5 amide bonds. The molecule has 0 saturated heterocycles. The topological polar surface area (TPSA) is 223 Å². The van der Waals surface area contributed by atoms with Gasteiger partial charge in [0.25, 0.3) is 0 Å². The number of carbonyl (C=O) groups is 5. The van der Waals surface area contributed by atoms with Gasteiger partial charge in [0, 0.05) is 71.6 Å². The van der Waals surface area contributed by atoms with Crippen molar-refractivity contribution < 1.29 is 24.0 Å². The Morgan fingerprint density at radius 2 is 0.767 bits per heavy atom. The van der Waals surface area contributed by atoms with Crippen LogP contribution in [0.15, 0.2) is 36.5 Å². The number of carbonyl (C=O) groups excluding carboxylic acids is 5. The highest BCUT2D eigenvalue weighted by Gasteiger charge is 2.19. The number of hydrogen-bond donors (Lipinski definition) is 6. The summed E-state index contributed by atoms with van der Waals surface area (Å²) in [6.07, 6.45) is 26.1. The van der Waals surface area contributed by atoms with E-state index >= 15 is 0 Å². The maximum absolute atomic E-state index is 13.5. The van der Waals surface area contributed by atoms with Crippen molar-refractivity contribution in [3.63, 3.8) is 0 Å². The second-order valence-electron chi connectivity index (χ2n) is 15.5. The Kier molecular flexibility index (Phi) is 37.2. The molecule has 0 rings (SSSR count). The van der Waals surface area contributed by atoms with Crippen LogP contribution in [0.1, 0.15) is 149 Å². The first-order chi connectivity index (χ1) is 29.1. The summed E-state index contributed by atoms with van der Waals surface area (Å²) >= 11 is 0. The minimum Gasteiger partial charge on any atom is -0.355 e. The molecular weight excluding hydrogens is 759 g/mol. The van der Waals surface area contributed by atoms with Gasteiger partial charge in [-0.1, -0.05) is 70.1 Å². The number of amides is 5. The summed E-state index contributed by atoms with van der Waals surface area (Å²) in [6.45, 7) is 11.4. The molecule has 14 nitrogen and oxygen atoms in total.